The first-order valence-electron chi connectivity index (χ1n) is 9.88. The molecule has 0 unspecified atom stereocenters. The number of nitrogens with one attached hydrogen (secondary N) is 2. The standard InChI is InChI=1S/C21H22FN3O5S/c1-12-10-16-18(30-13(2)20(26)24-16)11-19(12)31(28,29)25-9-5-8-17(25)21(27)23-15-7-4-3-6-14(15)22/h3-4,6-7,10-11,13,17H,5,8-9H2,1-2H3,(H,23,27)(H,24,26)/t13-,17-/m0/s1. The Balaban J connectivity index is 1.64. The Bertz CT molecular complexity index is 1170. The van der Waals surface area contributed by atoms with Crippen LogP contribution in [-0.2, 0) is 19.6 Å². The minimum Gasteiger partial charge on any atom is -0.479 e. The van der Waals surface area contributed by atoms with Gasteiger partial charge in [0, 0.05) is 12.6 Å². The molecule has 1 saturated heterocycles. The molecule has 2 atom stereocenters. The van der Waals surface area contributed by atoms with E-state index >= 15 is 0 Å². The van der Waals surface area contributed by atoms with Crippen LogP contribution in [0.15, 0.2) is 41.3 Å². The summed E-state index contributed by atoms with van der Waals surface area (Å²) in [6, 6.07) is 7.67. The number of hydrogen-bond donors (Lipinski definition) is 2. The van der Waals surface area contributed by atoms with Crippen LogP contribution in [0.25, 0.3) is 0 Å². The topological polar surface area (TPSA) is 105 Å². The predicted molar refractivity (Wildman–Crippen MR) is 112 cm³/mol. The molecule has 4 rings (SSSR count). The maximum absolute atomic E-state index is 13.9. The van der Waals surface area contributed by atoms with E-state index in [1.165, 1.54) is 30.3 Å². The number of halogens is 1. The third-order valence-corrected chi connectivity index (χ3v) is 7.48. The number of sulfonamides is 1. The van der Waals surface area contributed by atoms with Crippen LogP contribution in [0, 0.1) is 12.7 Å². The normalized spacial score (nSPS) is 21.2. The molecule has 2 aromatic carbocycles. The van der Waals surface area contributed by atoms with Crippen molar-refractivity contribution in [1.82, 2.24) is 4.31 Å². The van der Waals surface area contributed by atoms with Crippen molar-refractivity contribution in [2.75, 3.05) is 17.2 Å². The molecule has 0 aliphatic carbocycles. The molecule has 10 heteroatoms. The second kappa shape index (κ2) is 7.93. The number of para-hydroxylation sites is 1. The van der Waals surface area contributed by atoms with Gasteiger partial charge in [0.05, 0.1) is 16.3 Å². The number of rotatable bonds is 4. The second-order valence-corrected chi connectivity index (χ2v) is 9.47. The minimum atomic E-state index is -4.04. The van der Waals surface area contributed by atoms with Crippen molar-refractivity contribution in [3.8, 4) is 5.75 Å². The van der Waals surface area contributed by atoms with Crippen molar-refractivity contribution in [1.29, 1.82) is 0 Å². The molecular weight excluding hydrogens is 425 g/mol. The molecule has 164 valence electrons. The number of carbonyl (C=O) groups is 2. The van der Waals surface area contributed by atoms with Crippen molar-refractivity contribution in [2.45, 2.75) is 43.7 Å². The monoisotopic (exact) mass is 447 g/mol. The molecule has 2 aliphatic rings. The van der Waals surface area contributed by atoms with E-state index in [9.17, 15) is 22.4 Å². The van der Waals surface area contributed by atoms with Gasteiger partial charge < -0.3 is 15.4 Å². The molecule has 0 bridgehead atoms. The van der Waals surface area contributed by atoms with Gasteiger partial charge in [-0.3, -0.25) is 9.59 Å². The van der Waals surface area contributed by atoms with Crippen molar-refractivity contribution in [3.63, 3.8) is 0 Å². The van der Waals surface area contributed by atoms with Crippen LogP contribution in [0.2, 0.25) is 0 Å². The molecular formula is C21H22FN3O5S. The molecule has 2 amide bonds. The van der Waals surface area contributed by atoms with Gasteiger partial charge in [0.15, 0.2) is 6.10 Å². The maximum Gasteiger partial charge on any atom is 0.265 e. The zero-order chi connectivity index (χ0) is 22.3. The Morgan fingerprint density at radius 1 is 1.29 bits per heavy atom. The predicted octanol–water partition coefficient (Wildman–Crippen LogP) is 2.65. The van der Waals surface area contributed by atoms with E-state index < -0.39 is 33.9 Å². The van der Waals surface area contributed by atoms with Gasteiger partial charge in [0.1, 0.15) is 17.6 Å². The Labute approximate surface area is 179 Å². The quantitative estimate of drug-likeness (QED) is 0.750. The number of ether oxygens (including phenoxy) is 1. The molecule has 0 spiro atoms. The fourth-order valence-electron chi connectivity index (χ4n) is 3.82. The molecule has 2 heterocycles. The highest BCUT2D eigenvalue weighted by Crippen LogP contribution is 2.37. The van der Waals surface area contributed by atoms with Gasteiger partial charge in [0.25, 0.3) is 5.91 Å². The average molecular weight is 447 g/mol. The molecule has 0 saturated carbocycles. The zero-order valence-electron chi connectivity index (χ0n) is 17.0. The van der Waals surface area contributed by atoms with Crippen LogP contribution >= 0.6 is 0 Å². The number of carbonyl (C=O) groups excluding carboxylic acids is 2. The highest BCUT2D eigenvalue weighted by Gasteiger charge is 2.41. The lowest BCUT2D eigenvalue weighted by Crippen LogP contribution is -2.43. The van der Waals surface area contributed by atoms with E-state index in [2.05, 4.69) is 10.6 Å². The first-order valence-corrected chi connectivity index (χ1v) is 11.3. The fourth-order valence-corrected chi connectivity index (χ4v) is 5.70. The summed E-state index contributed by atoms with van der Waals surface area (Å²) in [7, 11) is -4.04. The van der Waals surface area contributed by atoms with Gasteiger partial charge in [-0.2, -0.15) is 4.31 Å². The number of benzene rings is 2. The molecule has 2 N–H and O–H groups in total. The van der Waals surface area contributed by atoms with Crippen molar-refractivity contribution in [3.05, 3.63) is 47.8 Å². The van der Waals surface area contributed by atoms with Gasteiger partial charge in [-0.05, 0) is 50.5 Å². The van der Waals surface area contributed by atoms with Gasteiger partial charge >= 0.3 is 0 Å². The lowest BCUT2D eigenvalue weighted by Gasteiger charge is -2.27. The van der Waals surface area contributed by atoms with E-state index in [1.807, 2.05) is 0 Å². The average Bonchev–Trinajstić information content (AvgIpc) is 3.21. The number of amides is 2. The van der Waals surface area contributed by atoms with Crippen LogP contribution in [0.1, 0.15) is 25.3 Å². The Kier molecular flexibility index (Phi) is 5.44. The van der Waals surface area contributed by atoms with Crippen LogP contribution in [0.4, 0.5) is 15.8 Å². The van der Waals surface area contributed by atoms with Crippen LogP contribution < -0.4 is 15.4 Å². The summed E-state index contributed by atoms with van der Waals surface area (Å²) in [5.41, 5.74) is 0.812. The van der Waals surface area contributed by atoms with Crippen molar-refractivity contribution < 1.29 is 27.1 Å². The molecule has 2 aliphatic heterocycles. The summed E-state index contributed by atoms with van der Waals surface area (Å²) in [6.07, 6.45) is 0.0757. The molecule has 8 nitrogen and oxygen atoms in total. The van der Waals surface area contributed by atoms with Crippen LogP contribution in [-0.4, -0.2) is 43.2 Å². The maximum atomic E-state index is 13.9. The zero-order valence-corrected chi connectivity index (χ0v) is 17.8. The van der Waals surface area contributed by atoms with E-state index in [1.54, 1.807) is 19.9 Å². The summed E-state index contributed by atoms with van der Waals surface area (Å²) >= 11 is 0. The molecule has 0 radical (unpaired) electrons. The third kappa shape index (κ3) is 3.88. The first-order chi connectivity index (χ1) is 14.7. The number of fused-ring (bicyclic) bond motifs is 1. The molecule has 0 aromatic heterocycles. The number of hydrogen-bond acceptors (Lipinski definition) is 5. The lowest BCUT2D eigenvalue weighted by atomic mass is 10.1. The second-order valence-electron chi connectivity index (χ2n) is 7.61. The van der Waals surface area contributed by atoms with E-state index in [-0.39, 0.29) is 28.8 Å². The molecule has 2 aromatic rings. The first kappa shape index (κ1) is 21.3. The third-order valence-electron chi connectivity index (χ3n) is 5.43. The Hall–Kier alpha value is -2.98. The summed E-state index contributed by atoms with van der Waals surface area (Å²) in [4.78, 5) is 24.6. The fraction of sp³-hybridized carbons (Fsp3) is 0.333. The van der Waals surface area contributed by atoms with Crippen LogP contribution in [0.5, 0.6) is 5.75 Å². The Morgan fingerprint density at radius 3 is 2.77 bits per heavy atom. The number of nitrogens with zero attached hydrogens (tertiary/aromatic N) is 1. The summed E-state index contributed by atoms with van der Waals surface area (Å²) in [5.74, 6) is -1.24. The minimum absolute atomic E-state index is 0.000150. The van der Waals surface area contributed by atoms with E-state index in [4.69, 9.17) is 4.74 Å². The van der Waals surface area contributed by atoms with Gasteiger partial charge in [-0.25, -0.2) is 12.8 Å². The molecule has 1 fully saturated rings. The number of anilines is 2. The van der Waals surface area contributed by atoms with E-state index in [0.29, 0.717) is 24.1 Å². The van der Waals surface area contributed by atoms with Gasteiger partial charge in [-0.15, -0.1) is 0 Å². The highest BCUT2D eigenvalue weighted by atomic mass is 32.2. The summed E-state index contributed by atoms with van der Waals surface area (Å²) < 4.78 is 47.5. The van der Waals surface area contributed by atoms with E-state index in [0.717, 1.165) is 4.31 Å². The van der Waals surface area contributed by atoms with Crippen LogP contribution in [0.3, 0.4) is 0 Å². The summed E-state index contributed by atoms with van der Waals surface area (Å²) in [6.45, 7) is 3.35. The highest BCUT2D eigenvalue weighted by molar-refractivity contribution is 7.89. The molecule has 31 heavy (non-hydrogen) atoms. The van der Waals surface area contributed by atoms with Crippen molar-refractivity contribution >= 4 is 33.2 Å². The Morgan fingerprint density at radius 2 is 2.03 bits per heavy atom. The number of aryl methyl sites for hydroxylation is 1. The van der Waals surface area contributed by atoms with Gasteiger partial charge in [0.2, 0.25) is 15.9 Å². The van der Waals surface area contributed by atoms with Crippen molar-refractivity contribution in [2.24, 2.45) is 0 Å². The lowest BCUT2D eigenvalue weighted by molar-refractivity contribution is -0.122. The SMILES string of the molecule is Cc1cc2c(cc1S(=O)(=O)N1CCC[C@H]1C(=O)Nc1ccccc1F)O[C@@H](C)C(=O)N2. The largest absolute Gasteiger partial charge is 0.479 e. The van der Waals surface area contributed by atoms with Gasteiger partial charge in [-0.1, -0.05) is 12.1 Å². The summed E-state index contributed by atoms with van der Waals surface area (Å²) in [5, 5.41) is 5.17. The smallest absolute Gasteiger partial charge is 0.265 e.